The minimum Gasteiger partial charge on any atom is -0.493 e. The molecular formula is C24H22O5. The normalized spacial score (nSPS) is 11.3. The molecule has 0 spiro atoms. The van der Waals surface area contributed by atoms with Gasteiger partial charge in [0.2, 0.25) is 0 Å². The molecule has 0 atom stereocenters. The first-order chi connectivity index (χ1) is 14.0. The molecule has 1 N–H and O–H groups in total. The maximum atomic E-state index is 11.8. The van der Waals surface area contributed by atoms with Gasteiger partial charge in [-0.3, -0.25) is 4.79 Å². The molecule has 148 valence electrons. The van der Waals surface area contributed by atoms with E-state index in [9.17, 15) is 14.7 Å². The zero-order valence-electron chi connectivity index (χ0n) is 16.6. The summed E-state index contributed by atoms with van der Waals surface area (Å²) in [5, 5.41) is 11.0. The van der Waals surface area contributed by atoms with Crippen molar-refractivity contribution in [1.29, 1.82) is 0 Å². The van der Waals surface area contributed by atoms with Crippen LogP contribution in [0.15, 0.2) is 60.7 Å². The van der Waals surface area contributed by atoms with E-state index in [1.807, 2.05) is 48.5 Å². The average molecular weight is 390 g/mol. The zero-order valence-corrected chi connectivity index (χ0v) is 16.6. The van der Waals surface area contributed by atoms with Crippen LogP contribution in [0.1, 0.15) is 30.5 Å². The van der Waals surface area contributed by atoms with E-state index < -0.39 is 11.9 Å². The number of esters is 1. The highest BCUT2D eigenvalue weighted by molar-refractivity contribution is 6.20. The van der Waals surface area contributed by atoms with E-state index in [1.165, 1.54) is 14.0 Å². The third kappa shape index (κ3) is 4.14. The second kappa shape index (κ2) is 8.61. The SMILES string of the molecule is C/C=C(/C(=O)O)c1cc(OC)c(OC(C)=O)c2c(Cc3ccccc3)cccc12. The molecule has 3 rings (SSSR count). The highest BCUT2D eigenvalue weighted by Crippen LogP contribution is 2.42. The number of rotatable bonds is 6. The molecule has 0 unspecified atom stereocenters. The number of ether oxygens (including phenoxy) is 2. The lowest BCUT2D eigenvalue weighted by Crippen LogP contribution is -2.07. The number of carbonyl (C=O) groups is 2. The quantitative estimate of drug-likeness (QED) is 0.370. The summed E-state index contributed by atoms with van der Waals surface area (Å²) in [7, 11) is 1.47. The van der Waals surface area contributed by atoms with Crippen LogP contribution in [0.25, 0.3) is 16.3 Å². The van der Waals surface area contributed by atoms with Crippen molar-refractivity contribution in [3.63, 3.8) is 0 Å². The molecule has 0 saturated carbocycles. The molecule has 0 amide bonds. The van der Waals surface area contributed by atoms with E-state index in [0.717, 1.165) is 11.1 Å². The van der Waals surface area contributed by atoms with E-state index >= 15 is 0 Å². The lowest BCUT2D eigenvalue weighted by Gasteiger charge is -2.18. The van der Waals surface area contributed by atoms with Crippen LogP contribution in [-0.4, -0.2) is 24.2 Å². The summed E-state index contributed by atoms with van der Waals surface area (Å²) in [5.41, 5.74) is 2.66. The first-order valence-corrected chi connectivity index (χ1v) is 9.21. The molecule has 5 nitrogen and oxygen atoms in total. The lowest BCUT2D eigenvalue weighted by atomic mass is 9.91. The topological polar surface area (TPSA) is 72.8 Å². The van der Waals surface area contributed by atoms with Crippen LogP contribution in [0.5, 0.6) is 11.5 Å². The fourth-order valence-electron chi connectivity index (χ4n) is 3.47. The van der Waals surface area contributed by atoms with Gasteiger partial charge in [0.05, 0.1) is 12.7 Å². The van der Waals surface area contributed by atoms with Gasteiger partial charge in [-0.2, -0.15) is 0 Å². The van der Waals surface area contributed by atoms with Gasteiger partial charge >= 0.3 is 11.9 Å². The van der Waals surface area contributed by atoms with Gasteiger partial charge in [0, 0.05) is 17.9 Å². The van der Waals surface area contributed by atoms with Crippen molar-refractivity contribution in [2.75, 3.05) is 7.11 Å². The predicted molar refractivity (Wildman–Crippen MR) is 112 cm³/mol. The van der Waals surface area contributed by atoms with Crippen LogP contribution in [0, 0.1) is 0 Å². The van der Waals surface area contributed by atoms with Crippen LogP contribution in [-0.2, 0) is 16.0 Å². The van der Waals surface area contributed by atoms with Crippen LogP contribution in [0.2, 0.25) is 0 Å². The number of carbonyl (C=O) groups excluding carboxylic acids is 1. The number of hydrogen-bond acceptors (Lipinski definition) is 4. The molecule has 0 aliphatic rings. The summed E-state index contributed by atoms with van der Waals surface area (Å²) in [5.74, 6) is -0.907. The third-order valence-corrected chi connectivity index (χ3v) is 4.68. The number of allylic oxidation sites excluding steroid dienone is 1. The number of carboxylic acid groups (broad SMARTS) is 1. The molecule has 3 aromatic carbocycles. The Kier molecular flexibility index (Phi) is 5.98. The molecule has 0 aliphatic carbocycles. The van der Waals surface area contributed by atoms with Crippen molar-refractivity contribution in [2.45, 2.75) is 20.3 Å². The molecule has 0 bridgehead atoms. The largest absolute Gasteiger partial charge is 0.493 e. The second-order valence-electron chi connectivity index (χ2n) is 6.56. The van der Waals surface area contributed by atoms with Crippen molar-refractivity contribution >= 4 is 28.3 Å². The molecule has 0 heterocycles. The van der Waals surface area contributed by atoms with Crippen molar-refractivity contribution in [3.05, 3.63) is 77.4 Å². The fraction of sp³-hybridized carbons (Fsp3) is 0.167. The van der Waals surface area contributed by atoms with Gasteiger partial charge in [0.1, 0.15) is 0 Å². The summed E-state index contributed by atoms with van der Waals surface area (Å²) in [4.78, 5) is 23.6. The third-order valence-electron chi connectivity index (χ3n) is 4.68. The van der Waals surface area contributed by atoms with E-state index in [-0.39, 0.29) is 5.57 Å². The Hall–Kier alpha value is -3.60. The van der Waals surface area contributed by atoms with Crippen LogP contribution >= 0.6 is 0 Å². The minimum absolute atomic E-state index is 0.152. The lowest BCUT2D eigenvalue weighted by molar-refractivity contribution is -0.132. The highest BCUT2D eigenvalue weighted by atomic mass is 16.6. The van der Waals surface area contributed by atoms with E-state index in [0.29, 0.717) is 34.3 Å². The number of methoxy groups -OCH3 is 1. The number of hydrogen-bond donors (Lipinski definition) is 1. The second-order valence-corrected chi connectivity index (χ2v) is 6.56. The summed E-state index contributed by atoms with van der Waals surface area (Å²) in [6.45, 7) is 3.00. The van der Waals surface area contributed by atoms with Crippen LogP contribution in [0.3, 0.4) is 0 Å². The van der Waals surface area contributed by atoms with Crippen molar-refractivity contribution in [2.24, 2.45) is 0 Å². The predicted octanol–water partition coefficient (Wildman–Crippen LogP) is 4.85. The first-order valence-electron chi connectivity index (χ1n) is 9.21. The Morgan fingerprint density at radius 1 is 1.07 bits per heavy atom. The first kappa shape index (κ1) is 20.1. The number of aliphatic carboxylic acids is 1. The average Bonchev–Trinajstić information content (AvgIpc) is 2.70. The Balaban J connectivity index is 2.37. The minimum atomic E-state index is -1.04. The fourth-order valence-corrected chi connectivity index (χ4v) is 3.47. The van der Waals surface area contributed by atoms with Gasteiger partial charge in [-0.15, -0.1) is 0 Å². The summed E-state index contributed by atoms with van der Waals surface area (Å²) < 4.78 is 11.0. The number of benzene rings is 3. The monoisotopic (exact) mass is 390 g/mol. The molecule has 29 heavy (non-hydrogen) atoms. The molecule has 0 aliphatic heterocycles. The Morgan fingerprint density at radius 3 is 2.38 bits per heavy atom. The van der Waals surface area contributed by atoms with E-state index in [4.69, 9.17) is 9.47 Å². The Labute approximate surface area is 169 Å². The van der Waals surface area contributed by atoms with Gasteiger partial charge in [0.15, 0.2) is 11.5 Å². The maximum Gasteiger partial charge on any atom is 0.335 e. The molecule has 5 heteroatoms. The number of carboxylic acids is 1. The van der Waals surface area contributed by atoms with Gasteiger partial charge < -0.3 is 14.6 Å². The number of fused-ring (bicyclic) bond motifs is 1. The van der Waals surface area contributed by atoms with Crippen LogP contribution in [0.4, 0.5) is 0 Å². The summed E-state index contributed by atoms with van der Waals surface area (Å²) in [6.07, 6.45) is 2.14. The highest BCUT2D eigenvalue weighted by Gasteiger charge is 2.22. The summed E-state index contributed by atoms with van der Waals surface area (Å²) in [6, 6.07) is 17.2. The van der Waals surface area contributed by atoms with Crippen molar-refractivity contribution < 1.29 is 24.2 Å². The zero-order chi connectivity index (χ0) is 21.0. The summed E-state index contributed by atoms with van der Waals surface area (Å²) >= 11 is 0. The van der Waals surface area contributed by atoms with Gasteiger partial charge in [-0.1, -0.05) is 54.6 Å². The van der Waals surface area contributed by atoms with Gasteiger partial charge in [-0.05, 0) is 35.9 Å². The van der Waals surface area contributed by atoms with E-state index in [1.54, 1.807) is 19.1 Å². The van der Waals surface area contributed by atoms with Gasteiger partial charge in [0.25, 0.3) is 0 Å². The maximum absolute atomic E-state index is 11.8. The smallest absolute Gasteiger partial charge is 0.335 e. The molecule has 0 fully saturated rings. The molecule has 3 aromatic rings. The van der Waals surface area contributed by atoms with Crippen molar-refractivity contribution in [3.8, 4) is 11.5 Å². The molecule has 0 radical (unpaired) electrons. The Bertz CT molecular complexity index is 1100. The van der Waals surface area contributed by atoms with Crippen molar-refractivity contribution in [1.82, 2.24) is 0 Å². The molecule has 0 saturated heterocycles. The molecule has 0 aromatic heterocycles. The molecular weight excluding hydrogens is 368 g/mol. The Morgan fingerprint density at radius 2 is 1.79 bits per heavy atom. The van der Waals surface area contributed by atoms with E-state index in [2.05, 4.69) is 0 Å². The van der Waals surface area contributed by atoms with Gasteiger partial charge in [-0.25, -0.2) is 4.79 Å². The standard InChI is InChI=1S/C24H22O5/c1-4-18(24(26)27)20-14-21(28-3)23(29-15(2)25)22-17(11-8-12-19(20)22)13-16-9-6-5-7-10-16/h4-12,14H,13H2,1-3H3,(H,26,27)/b18-4+. The van der Waals surface area contributed by atoms with Crippen LogP contribution < -0.4 is 9.47 Å².